The molecule has 1 aliphatic heterocycles. The third-order valence-electron chi connectivity index (χ3n) is 3.51. The predicted octanol–water partition coefficient (Wildman–Crippen LogP) is 2.81. The van der Waals surface area contributed by atoms with Gasteiger partial charge in [0.2, 0.25) is 0 Å². The van der Waals surface area contributed by atoms with Gasteiger partial charge in [0.1, 0.15) is 17.3 Å². The Kier molecular flexibility index (Phi) is 3.93. The highest BCUT2D eigenvalue weighted by molar-refractivity contribution is 6.19. The molecule has 1 aliphatic rings. The van der Waals surface area contributed by atoms with Gasteiger partial charge in [-0.25, -0.2) is 9.38 Å². The van der Waals surface area contributed by atoms with Crippen LogP contribution in [0.4, 0.5) is 10.1 Å². The van der Waals surface area contributed by atoms with Gasteiger partial charge in [-0.15, -0.1) is 0 Å². The van der Waals surface area contributed by atoms with Gasteiger partial charge in [-0.1, -0.05) is 24.3 Å². The number of nitrogens with one attached hydrogen (secondary N) is 1. The normalized spacial score (nSPS) is 15.5. The number of halogens is 1. The van der Waals surface area contributed by atoms with E-state index in [0.717, 1.165) is 11.3 Å². The number of aliphatic imine (C=N–C) groups is 1. The van der Waals surface area contributed by atoms with Crippen molar-refractivity contribution in [2.24, 2.45) is 4.99 Å². The van der Waals surface area contributed by atoms with Crippen molar-refractivity contribution in [3.63, 3.8) is 0 Å². The molecule has 0 atom stereocenters. The number of amidine groups is 1. The van der Waals surface area contributed by atoms with Crippen molar-refractivity contribution in [2.75, 3.05) is 19.0 Å². The Morgan fingerprint density at radius 3 is 2.52 bits per heavy atom. The summed E-state index contributed by atoms with van der Waals surface area (Å²) in [5.41, 5.74) is 2.81. The second kappa shape index (κ2) is 6.04. The molecule has 0 bridgehead atoms. The summed E-state index contributed by atoms with van der Waals surface area (Å²) in [6.45, 7) is 0. The van der Waals surface area contributed by atoms with Gasteiger partial charge in [-0.2, -0.15) is 0 Å². The van der Waals surface area contributed by atoms with Crippen LogP contribution >= 0.6 is 0 Å². The lowest BCUT2D eigenvalue weighted by Gasteiger charge is -2.11. The van der Waals surface area contributed by atoms with E-state index in [1.165, 1.54) is 12.1 Å². The Morgan fingerprint density at radius 2 is 1.87 bits per heavy atom. The first-order valence-corrected chi connectivity index (χ1v) is 7.18. The van der Waals surface area contributed by atoms with E-state index in [1.54, 1.807) is 18.2 Å². The quantitative estimate of drug-likeness (QED) is 0.886. The van der Waals surface area contributed by atoms with Gasteiger partial charge in [-0.05, 0) is 35.9 Å². The minimum Gasteiger partial charge on any atom is -0.378 e. The number of anilines is 1. The largest absolute Gasteiger partial charge is 0.378 e. The van der Waals surface area contributed by atoms with Crippen LogP contribution in [-0.4, -0.2) is 25.8 Å². The Morgan fingerprint density at radius 1 is 1.13 bits per heavy atom. The highest BCUT2D eigenvalue weighted by atomic mass is 19.1. The Labute approximate surface area is 134 Å². The highest BCUT2D eigenvalue weighted by Crippen LogP contribution is 2.18. The fraction of sp³-hybridized carbons (Fsp3) is 0.111. The SMILES string of the molecule is CN(C)c1ccc(C=C2N=C(c3cccc(F)c3)NC2=O)cc1. The topological polar surface area (TPSA) is 44.7 Å². The molecule has 0 radical (unpaired) electrons. The smallest absolute Gasteiger partial charge is 0.275 e. The number of rotatable bonds is 3. The first-order valence-electron chi connectivity index (χ1n) is 7.18. The fourth-order valence-corrected chi connectivity index (χ4v) is 2.27. The summed E-state index contributed by atoms with van der Waals surface area (Å²) in [5, 5.41) is 2.67. The molecule has 0 spiro atoms. The van der Waals surface area contributed by atoms with Gasteiger partial charge >= 0.3 is 0 Å². The van der Waals surface area contributed by atoms with Crippen LogP contribution in [0.3, 0.4) is 0 Å². The zero-order valence-corrected chi connectivity index (χ0v) is 12.9. The van der Waals surface area contributed by atoms with E-state index >= 15 is 0 Å². The van der Waals surface area contributed by atoms with E-state index in [2.05, 4.69) is 10.3 Å². The maximum absolute atomic E-state index is 13.3. The lowest BCUT2D eigenvalue weighted by Crippen LogP contribution is -2.24. The van der Waals surface area contributed by atoms with Crippen LogP contribution in [0.5, 0.6) is 0 Å². The maximum atomic E-state index is 13.3. The van der Waals surface area contributed by atoms with Crippen molar-refractivity contribution >= 4 is 23.5 Å². The summed E-state index contributed by atoms with van der Waals surface area (Å²) in [5.74, 6) is -0.289. The number of amides is 1. The molecular weight excluding hydrogens is 293 g/mol. The monoisotopic (exact) mass is 309 g/mol. The molecule has 1 heterocycles. The van der Waals surface area contributed by atoms with Crippen LogP contribution in [0.1, 0.15) is 11.1 Å². The molecule has 3 rings (SSSR count). The third-order valence-corrected chi connectivity index (χ3v) is 3.51. The number of hydrogen-bond acceptors (Lipinski definition) is 3. The molecule has 0 aromatic heterocycles. The first-order chi connectivity index (χ1) is 11.0. The maximum Gasteiger partial charge on any atom is 0.275 e. The summed E-state index contributed by atoms with van der Waals surface area (Å²) in [6.07, 6.45) is 1.71. The molecule has 0 fully saturated rings. The van der Waals surface area contributed by atoms with Gasteiger partial charge in [0.25, 0.3) is 5.91 Å². The summed E-state index contributed by atoms with van der Waals surface area (Å²) in [6, 6.07) is 13.8. The molecule has 1 N–H and O–H groups in total. The number of hydrogen-bond donors (Lipinski definition) is 1. The lowest BCUT2D eigenvalue weighted by molar-refractivity contribution is -0.115. The number of carbonyl (C=O) groups excluding carboxylic acids is 1. The van der Waals surface area contributed by atoms with Crippen LogP contribution in [0.2, 0.25) is 0 Å². The van der Waals surface area contributed by atoms with Crippen molar-refractivity contribution in [1.29, 1.82) is 0 Å². The Hall–Kier alpha value is -2.95. The van der Waals surface area contributed by atoms with Gasteiger partial charge in [0, 0.05) is 25.3 Å². The zero-order chi connectivity index (χ0) is 16.4. The summed E-state index contributed by atoms with van der Waals surface area (Å²) < 4.78 is 13.3. The second-order valence-corrected chi connectivity index (χ2v) is 5.44. The van der Waals surface area contributed by atoms with Crippen LogP contribution < -0.4 is 10.2 Å². The van der Waals surface area contributed by atoms with Gasteiger partial charge in [0.05, 0.1) is 0 Å². The van der Waals surface area contributed by atoms with Crippen LogP contribution in [0.15, 0.2) is 59.2 Å². The molecular formula is C18H16FN3O. The predicted molar refractivity (Wildman–Crippen MR) is 89.8 cm³/mol. The van der Waals surface area contributed by atoms with E-state index in [0.29, 0.717) is 17.1 Å². The molecule has 2 aromatic carbocycles. The minimum atomic E-state index is -0.365. The van der Waals surface area contributed by atoms with E-state index in [-0.39, 0.29) is 11.7 Å². The Balaban J connectivity index is 1.88. The molecule has 23 heavy (non-hydrogen) atoms. The van der Waals surface area contributed by atoms with E-state index < -0.39 is 0 Å². The van der Waals surface area contributed by atoms with Crippen LogP contribution in [0.25, 0.3) is 6.08 Å². The molecule has 0 unspecified atom stereocenters. The third kappa shape index (κ3) is 3.29. The van der Waals surface area contributed by atoms with Crippen molar-refractivity contribution in [2.45, 2.75) is 0 Å². The second-order valence-electron chi connectivity index (χ2n) is 5.44. The lowest BCUT2D eigenvalue weighted by atomic mass is 10.1. The summed E-state index contributed by atoms with van der Waals surface area (Å²) in [4.78, 5) is 18.3. The summed E-state index contributed by atoms with van der Waals surface area (Å²) in [7, 11) is 3.93. The van der Waals surface area contributed by atoms with Crippen molar-refractivity contribution < 1.29 is 9.18 Å². The Bertz CT molecular complexity index is 807. The zero-order valence-electron chi connectivity index (χ0n) is 12.9. The molecule has 116 valence electrons. The average Bonchev–Trinajstić information content (AvgIpc) is 2.89. The summed E-state index contributed by atoms with van der Waals surface area (Å²) >= 11 is 0. The number of carbonyl (C=O) groups is 1. The molecule has 4 nitrogen and oxygen atoms in total. The van der Waals surface area contributed by atoms with Gasteiger partial charge in [-0.3, -0.25) is 4.79 Å². The van der Waals surface area contributed by atoms with Crippen molar-refractivity contribution in [3.8, 4) is 0 Å². The van der Waals surface area contributed by atoms with E-state index in [9.17, 15) is 9.18 Å². The number of benzene rings is 2. The average molecular weight is 309 g/mol. The van der Waals surface area contributed by atoms with E-state index in [4.69, 9.17) is 0 Å². The number of nitrogens with zero attached hydrogens (tertiary/aromatic N) is 2. The van der Waals surface area contributed by atoms with Crippen LogP contribution in [-0.2, 0) is 4.79 Å². The molecule has 0 aliphatic carbocycles. The van der Waals surface area contributed by atoms with E-state index in [1.807, 2.05) is 43.3 Å². The van der Waals surface area contributed by atoms with Gasteiger partial charge < -0.3 is 10.2 Å². The fourth-order valence-electron chi connectivity index (χ4n) is 2.27. The van der Waals surface area contributed by atoms with Crippen molar-refractivity contribution in [1.82, 2.24) is 5.32 Å². The molecule has 1 amide bonds. The van der Waals surface area contributed by atoms with Gasteiger partial charge in [0.15, 0.2) is 0 Å². The molecule has 0 saturated carbocycles. The van der Waals surface area contributed by atoms with Crippen molar-refractivity contribution in [3.05, 3.63) is 71.2 Å². The van der Waals surface area contributed by atoms with Crippen LogP contribution in [0, 0.1) is 5.82 Å². The minimum absolute atomic E-state index is 0.291. The molecule has 0 saturated heterocycles. The standard InChI is InChI=1S/C18H16FN3O/c1-22(2)15-8-6-12(7-9-15)10-16-18(23)21-17(20-16)13-4-3-5-14(19)11-13/h3-11H,1-2H3,(H,20,21,23). The first kappa shape index (κ1) is 15.0. The molecule has 5 heteroatoms. The highest BCUT2D eigenvalue weighted by Gasteiger charge is 2.21. The molecule has 2 aromatic rings.